The summed E-state index contributed by atoms with van der Waals surface area (Å²) < 4.78 is 2.03. The van der Waals surface area contributed by atoms with Crippen LogP contribution in [0.15, 0.2) is 24.3 Å². The fraction of sp³-hybridized carbons (Fsp3) is 0.500. The zero-order chi connectivity index (χ0) is 15.2. The zero-order valence-corrected chi connectivity index (χ0v) is 13.5. The third-order valence-corrected chi connectivity index (χ3v) is 4.45. The Balaban J connectivity index is 2.11. The number of nitrogens with zero attached hydrogens (tertiary/aromatic N) is 2. The molecule has 0 saturated carbocycles. The van der Waals surface area contributed by atoms with Gasteiger partial charge in [-0.25, -0.2) is 0 Å². The lowest BCUT2D eigenvalue weighted by molar-refractivity contribution is 0.569. The number of aryl methyl sites for hydroxylation is 2. The van der Waals surface area contributed by atoms with Crippen LogP contribution in [0.25, 0.3) is 11.3 Å². The standard InChI is InChI=1S/C18H25N3/c1-18(2,3)13-7-5-6-12(10-13)17-15-11-14(19)8-9-16(15)20-21(17)4/h5-7,10,14H,8-9,11,19H2,1-4H3. The molecule has 1 aliphatic carbocycles. The fourth-order valence-corrected chi connectivity index (χ4v) is 3.22. The van der Waals surface area contributed by atoms with Crippen molar-refractivity contribution in [2.45, 2.75) is 51.5 Å². The van der Waals surface area contributed by atoms with Crippen molar-refractivity contribution in [3.05, 3.63) is 41.1 Å². The molecule has 3 heteroatoms. The van der Waals surface area contributed by atoms with Gasteiger partial charge < -0.3 is 5.73 Å². The van der Waals surface area contributed by atoms with Crippen molar-refractivity contribution in [3.8, 4) is 11.3 Å². The molecule has 0 bridgehead atoms. The molecule has 112 valence electrons. The first-order chi connectivity index (χ1) is 9.86. The Bertz CT molecular complexity index is 662. The van der Waals surface area contributed by atoms with E-state index in [1.165, 1.54) is 28.1 Å². The maximum absolute atomic E-state index is 6.17. The van der Waals surface area contributed by atoms with Crippen LogP contribution in [0.2, 0.25) is 0 Å². The van der Waals surface area contributed by atoms with Gasteiger partial charge >= 0.3 is 0 Å². The van der Waals surface area contributed by atoms with E-state index in [1.54, 1.807) is 0 Å². The molecule has 2 aromatic rings. The van der Waals surface area contributed by atoms with Gasteiger partial charge in [0.05, 0.1) is 11.4 Å². The van der Waals surface area contributed by atoms with Crippen molar-refractivity contribution in [2.75, 3.05) is 0 Å². The lowest BCUT2D eigenvalue weighted by atomic mass is 9.85. The van der Waals surface area contributed by atoms with Gasteiger partial charge in [-0.2, -0.15) is 5.10 Å². The van der Waals surface area contributed by atoms with Crippen molar-refractivity contribution >= 4 is 0 Å². The summed E-state index contributed by atoms with van der Waals surface area (Å²) in [7, 11) is 2.04. The van der Waals surface area contributed by atoms with Gasteiger partial charge in [-0.15, -0.1) is 0 Å². The van der Waals surface area contributed by atoms with Crippen LogP contribution in [0.4, 0.5) is 0 Å². The number of hydrogen-bond donors (Lipinski definition) is 1. The van der Waals surface area contributed by atoms with E-state index < -0.39 is 0 Å². The summed E-state index contributed by atoms with van der Waals surface area (Å²) in [5.74, 6) is 0. The molecule has 3 rings (SSSR count). The lowest BCUT2D eigenvalue weighted by Gasteiger charge is -2.21. The van der Waals surface area contributed by atoms with Crippen molar-refractivity contribution in [1.29, 1.82) is 0 Å². The summed E-state index contributed by atoms with van der Waals surface area (Å²) >= 11 is 0. The SMILES string of the molecule is Cn1nc2c(c1-c1cccc(C(C)(C)C)c1)CC(N)CC2. The van der Waals surface area contributed by atoms with Gasteiger partial charge in [0.15, 0.2) is 0 Å². The van der Waals surface area contributed by atoms with Gasteiger partial charge in [-0.3, -0.25) is 4.68 Å². The fourth-order valence-electron chi connectivity index (χ4n) is 3.22. The Morgan fingerprint density at radius 1 is 1.29 bits per heavy atom. The normalized spacial score (nSPS) is 18.6. The molecule has 0 amide bonds. The smallest absolute Gasteiger partial charge is 0.0714 e. The van der Waals surface area contributed by atoms with E-state index in [0.717, 1.165) is 19.3 Å². The minimum Gasteiger partial charge on any atom is -0.327 e. The summed E-state index contributed by atoms with van der Waals surface area (Å²) in [6.45, 7) is 6.75. The van der Waals surface area contributed by atoms with E-state index in [4.69, 9.17) is 10.8 Å². The molecule has 21 heavy (non-hydrogen) atoms. The first-order valence-corrected chi connectivity index (χ1v) is 7.77. The molecule has 1 aromatic heterocycles. The second-order valence-corrected chi connectivity index (χ2v) is 7.23. The van der Waals surface area contributed by atoms with Crippen molar-refractivity contribution in [3.63, 3.8) is 0 Å². The first-order valence-electron chi connectivity index (χ1n) is 7.77. The summed E-state index contributed by atoms with van der Waals surface area (Å²) in [6, 6.07) is 9.12. The second-order valence-electron chi connectivity index (χ2n) is 7.23. The molecule has 0 radical (unpaired) electrons. The molecule has 1 unspecified atom stereocenters. The van der Waals surface area contributed by atoms with Crippen LogP contribution in [-0.4, -0.2) is 15.8 Å². The van der Waals surface area contributed by atoms with E-state index in [0.29, 0.717) is 0 Å². The number of aromatic nitrogens is 2. The number of benzene rings is 1. The van der Waals surface area contributed by atoms with Gasteiger partial charge in [0.1, 0.15) is 0 Å². The highest BCUT2D eigenvalue weighted by atomic mass is 15.3. The maximum Gasteiger partial charge on any atom is 0.0714 e. The van der Waals surface area contributed by atoms with E-state index in [2.05, 4.69) is 45.0 Å². The quantitative estimate of drug-likeness (QED) is 0.873. The largest absolute Gasteiger partial charge is 0.327 e. The van der Waals surface area contributed by atoms with Gasteiger partial charge in [-0.1, -0.05) is 39.0 Å². The molecule has 1 aliphatic rings. The monoisotopic (exact) mass is 283 g/mol. The van der Waals surface area contributed by atoms with Gasteiger partial charge in [0.2, 0.25) is 0 Å². The molecular weight excluding hydrogens is 258 g/mol. The van der Waals surface area contributed by atoms with Gasteiger partial charge in [0, 0.05) is 24.2 Å². The molecule has 0 aliphatic heterocycles. The average molecular weight is 283 g/mol. The molecule has 1 heterocycles. The zero-order valence-electron chi connectivity index (χ0n) is 13.5. The molecule has 1 aromatic carbocycles. The molecular formula is C18H25N3. The molecule has 0 fully saturated rings. The Morgan fingerprint density at radius 2 is 2.05 bits per heavy atom. The Hall–Kier alpha value is -1.61. The van der Waals surface area contributed by atoms with Crippen molar-refractivity contribution in [2.24, 2.45) is 12.8 Å². The first kappa shape index (κ1) is 14.3. The number of fused-ring (bicyclic) bond motifs is 1. The third kappa shape index (κ3) is 2.62. The van der Waals surface area contributed by atoms with Crippen LogP contribution in [0.3, 0.4) is 0 Å². The molecule has 3 nitrogen and oxygen atoms in total. The van der Waals surface area contributed by atoms with E-state index >= 15 is 0 Å². The van der Waals surface area contributed by atoms with E-state index in [9.17, 15) is 0 Å². The van der Waals surface area contributed by atoms with E-state index in [-0.39, 0.29) is 11.5 Å². The summed E-state index contributed by atoms with van der Waals surface area (Å²) in [5, 5.41) is 4.71. The minimum absolute atomic E-state index is 0.158. The lowest BCUT2D eigenvalue weighted by Crippen LogP contribution is -2.27. The van der Waals surface area contributed by atoms with Crippen molar-refractivity contribution in [1.82, 2.24) is 9.78 Å². The predicted molar refractivity (Wildman–Crippen MR) is 87.3 cm³/mol. The van der Waals surface area contributed by atoms with E-state index in [1.807, 2.05) is 11.7 Å². The third-order valence-electron chi connectivity index (χ3n) is 4.45. The highest BCUT2D eigenvalue weighted by molar-refractivity contribution is 5.66. The predicted octanol–water partition coefficient (Wildman–Crippen LogP) is 3.20. The van der Waals surface area contributed by atoms with Crippen LogP contribution in [0.5, 0.6) is 0 Å². The summed E-state index contributed by atoms with van der Waals surface area (Å²) in [5.41, 5.74) is 12.8. The maximum atomic E-state index is 6.17. The second kappa shape index (κ2) is 4.99. The van der Waals surface area contributed by atoms with Crippen LogP contribution < -0.4 is 5.73 Å². The van der Waals surface area contributed by atoms with Crippen LogP contribution in [0.1, 0.15) is 44.0 Å². The van der Waals surface area contributed by atoms with Crippen molar-refractivity contribution < 1.29 is 0 Å². The Labute approximate surface area is 127 Å². The number of nitrogens with two attached hydrogens (primary N) is 1. The molecule has 2 N–H and O–H groups in total. The molecule has 1 atom stereocenters. The number of rotatable bonds is 1. The topological polar surface area (TPSA) is 43.8 Å². The van der Waals surface area contributed by atoms with Crippen LogP contribution in [0, 0.1) is 0 Å². The minimum atomic E-state index is 0.158. The highest BCUT2D eigenvalue weighted by Crippen LogP contribution is 2.33. The molecule has 0 spiro atoms. The van der Waals surface area contributed by atoms with Crippen LogP contribution in [-0.2, 0) is 25.3 Å². The summed E-state index contributed by atoms with van der Waals surface area (Å²) in [6.07, 6.45) is 2.99. The number of hydrogen-bond acceptors (Lipinski definition) is 2. The molecule has 0 saturated heterocycles. The highest BCUT2D eigenvalue weighted by Gasteiger charge is 2.24. The van der Waals surface area contributed by atoms with Gasteiger partial charge in [0.25, 0.3) is 0 Å². The van der Waals surface area contributed by atoms with Gasteiger partial charge in [-0.05, 0) is 36.3 Å². The van der Waals surface area contributed by atoms with Crippen LogP contribution >= 0.6 is 0 Å². The Morgan fingerprint density at radius 3 is 2.76 bits per heavy atom. The summed E-state index contributed by atoms with van der Waals surface area (Å²) in [4.78, 5) is 0. The average Bonchev–Trinajstić information content (AvgIpc) is 2.73. The Kier molecular flexibility index (Phi) is 3.40.